The average molecular weight is 390 g/mol. The van der Waals surface area contributed by atoms with Crippen molar-refractivity contribution >= 4 is 177 Å². The summed E-state index contributed by atoms with van der Waals surface area (Å²) >= 11 is 0. The van der Waals surface area contributed by atoms with Crippen molar-refractivity contribution in [1.29, 1.82) is 0 Å². The number of hydrogen-bond donors (Lipinski definition) is 0. The number of unbranched alkanes of at least 4 members (excludes halogenated alkanes) is 9. The first-order valence-electron chi connectivity index (χ1n) is 7.97. The molecule has 0 saturated carbocycles. The van der Waals surface area contributed by atoms with E-state index in [9.17, 15) is 0 Å². The summed E-state index contributed by atoms with van der Waals surface area (Å²) in [6.07, 6.45) is 15.5. The van der Waals surface area contributed by atoms with Crippen molar-refractivity contribution in [2.75, 3.05) is 0 Å². The molecule has 1 aromatic rings. The zero-order chi connectivity index (χ0) is 12.9. The molecule has 0 aliphatic heterocycles. The van der Waals surface area contributed by atoms with E-state index in [1.165, 1.54) is 76.2 Å². The van der Waals surface area contributed by atoms with E-state index in [4.69, 9.17) is 0 Å². The van der Waals surface area contributed by atoms with Gasteiger partial charge < -0.3 is 0 Å². The second kappa shape index (κ2) is 35.6. The fraction of sp³-hybridized carbons (Fsp3) is 0.667. The van der Waals surface area contributed by atoms with Gasteiger partial charge in [0.05, 0.1) is 0 Å². The van der Waals surface area contributed by atoms with E-state index in [1.54, 1.807) is 0 Å². The standard InChI is InChI=1S/C18H30.6Na.6H/c1-2-3-4-5-6-7-8-9-10-12-15-18-16-13-11-14-17-18;;;;;;;;;;;;/h11,13-14,16-17H,2-10,12,15H2,1H3;;;;;;;;;;;;. The summed E-state index contributed by atoms with van der Waals surface area (Å²) in [6, 6.07) is 10.9. The van der Waals surface area contributed by atoms with Crippen LogP contribution in [0.15, 0.2) is 30.3 Å². The average Bonchev–Trinajstić information content (AvgIpc) is 2.42. The van der Waals surface area contributed by atoms with E-state index < -0.39 is 0 Å². The second-order valence-electron chi connectivity index (χ2n) is 5.42. The fourth-order valence-electron chi connectivity index (χ4n) is 2.46. The third kappa shape index (κ3) is 29.4. The molecule has 0 radical (unpaired) electrons. The van der Waals surface area contributed by atoms with Gasteiger partial charge in [0.2, 0.25) is 0 Å². The van der Waals surface area contributed by atoms with Gasteiger partial charge in [-0.1, -0.05) is 95.0 Å². The van der Waals surface area contributed by atoms with Crippen LogP contribution in [0.2, 0.25) is 0 Å². The summed E-state index contributed by atoms with van der Waals surface area (Å²) in [5, 5.41) is 0. The Morgan fingerprint density at radius 3 is 1.29 bits per heavy atom. The van der Waals surface area contributed by atoms with Crippen molar-refractivity contribution in [1.82, 2.24) is 0 Å². The van der Waals surface area contributed by atoms with E-state index in [2.05, 4.69) is 37.3 Å². The number of benzene rings is 1. The van der Waals surface area contributed by atoms with Crippen molar-refractivity contribution in [3.05, 3.63) is 35.9 Å². The third-order valence-electron chi connectivity index (χ3n) is 3.66. The molecule has 0 aromatic heterocycles. The molecule has 1 rings (SSSR count). The topological polar surface area (TPSA) is 0 Å². The minimum atomic E-state index is 0. The SMILES string of the molecule is CCCCCCCCCCCCc1ccccc1.[NaH].[NaH].[NaH].[NaH].[NaH].[NaH]. The van der Waals surface area contributed by atoms with Gasteiger partial charge in [-0.05, 0) is 18.4 Å². The van der Waals surface area contributed by atoms with Crippen LogP contribution in [0.1, 0.15) is 76.7 Å². The Morgan fingerprint density at radius 1 is 0.500 bits per heavy atom. The minimum absolute atomic E-state index is 0. The first kappa shape index (κ1) is 43.2. The van der Waals surface area contributed by atoms with Crippen LogP contribution >= 0.6 is 0 Å². The van der Waals surface area contributed by atoms with Crippen LogP contribution in [-0.4, -0.2) is 177 Å². The van der Waals surface area contributed by atoms with Crippen LogP contribution in [0.25, 0.3) is 0 Å². The summed E-state index contributed by atoms with van der Waals surface area (Å²) in [4.78, 5) is 0. The molecule has 0 amide bonds. The van der Waals surface area contributed by atoms with Gasteiger partial charge in [0.1, 0.15) is 0 Å². The van der Waals surface area contributed by atoms with Gasteiger partial charge in [0.25, 0.3) is 0 Å². The summed E-state index contributed by atoms with van der Waals surface area (Å²) in [5.74, 6) is 0. The molecule has 0 unspecified atom stereocenters. The van der Waals surface area contributed by atoms with Crippen LogP contribution in [0.5, 0.6) is 0 Å². The molecule has 114 valence electrons. The first-order valence-corrected chi connectivity index (χ1v) is 7.97. The van der Waals surface area contributed by atoms with Gasteiger partial charge in [-0.25, -0.2) is 0 Å². The summed E-state index contributed by atoms with van der Waals surface area (Å²) in [7, 11) is 0. The van der Waals surface area contributed by atoms with Gasteiger partial charge >= 0.3 is 177 Å². The van der Waals surface area contributed by atoms with Crippen LogP contribution in [0, 0.1) is 0 Å². The maximum atomic E-state index is 2.28. The molecule has 0 aliphatic carbocycles. The Kier molecular flexibility index (Phi) is 64.1. The molecule has 0 nitrogen and oxygen atoms in total. The zero-order valence-electron chi connectivity index (χ0n) is 12.2. The van der Waals surface area contributed by atoms with Crippen LogP contribution < -0.4 is 0 Å². The normalized spacial score (nSPS) is 8.04. The number of aryl methyl sites for hydroxylation is 1. The van der Waals surface area contributed by atoms with E-state index in [0.29, 0.717) is 0 Å². The molecule has 1 aromatic carbocycles. The van der Waals surface area contributed by atoms with Crippen LogP contribution in [0.4, 0.5) is 0 Å². The van der Waals surface area contributed by atoms with E-state index >= 15 is 0 Å². The molecular formula is C18H36Na6. The summed E-state index contributed by atoms with van der Waals surface area (Å²) < 4.78 is 0. The third-order valence-corrected chi connectivity index (χ3v) is 3.66. The van der Waals surface area contributed by atoms with E-state index in [1.807, 2.05) is 0 Å². The Hall–Kier alpha value is 5.22. The van der Waals surface area contributed by atoms with Gasteiger partial charge in [-0.2, -0.15) is 0 Å². The maximum absolute atomic E-state index is 2.28. The van der Waals surface area contributed by atoms with Gasteiger partial charge in [-0.15, -0.1) is 0 Å². The molecule has 0 fully saturated rings. The van der Waals surface area contributed by atoms with E-state index in [-0.39, 0.29) is 177 Å². The molecule has 0 N–H and O–H groups in total. The summed E-state index contributed by atoms with van der Waals surface area (Å²) in [5.41, 5.74) is 1.50. The van der Waals surface area contributed by atoms with Crippen molar-refractivity contribution in [2.24, 2.45) is 0 Å². The quantitative estimate of drug-likeness (QED) is 0.402. The Labute approximate surface area is 284 Å². The monoisotopic (exact) mass is 390 g/mol. The Bertz CT molecular complexity index is 282. The molecule has 6 heteroatoms. The van der Waals surface area contributed by atoms with Crippen LogP contribution in [-0.2, 0) is 6.42 Å². The summed E-state index contributed by atoms with van der Waals surface area (Å²) in [6.45, 7) is 2.28. The van der Waals surface area contributed by atoms with Crippen LogP contribution in [0.3, 0.4) is 0 Å². The van der Waals surface area contributed by atoms with Gasteiger partial charge in [0.15, 0.2) is 0 Å². The first-order chi connectivity index (χ1) is 8.93. The molecule has 0 spiro atoms. The molecule has 0 heterocycles. The van der Waals surface area contributed by atoms with E-state index in [0.717, 1.165) is 0 Å². The molecule has 0 atom stereocenters. The van der Waals surface area contributed by atoms with Gasteiger partial charge in [0, 0.05) is 0 Å². The predicted octanol–water partition coefficient (Wildman–Crippen LogP) is 2.26. The van der Waals surface area contributed by atoms with Crippen molar-refractivity contribution in [3.8, 4) is 0 Å². The molecule has 0 bridgehead atoms. The molecular weight excluding hydrogens is 354 g/mol. The van der Waals surface area contributed by atoms with Crippen molar-refractivity contribution in [2.45, 2.75) is 77.6 Å². The molecule has 24 heavy (non-hydrogen) atoms. The Balaban J connectivity index is -0.000000135. The van der Waals surface area contributed by atoms with Crippen molar-refractivity contribution < 1.29 is 0 Å². The predicted molar refractivity (Wildman–Crippen MR) is 125 cm³/mol. The zero-order valence-corrected chi connectivity index (χ0v) is 12.2. The number of hydrogen-bond acceptors (Lipinski definition) is 0. The fourth-order valence-corrected chi connectivity index (χ4v) is 2.46. The second-order valence-corrected chi connectivity index (χ2v) is 5.42. The molecule has 0 saturated heterocycles. The molecule has 0 aliphatic rings. The van der Waals surface area contributed by atoms with Gasteiger partial charge in [-0.3, -0.25) is 0 Å². The Morgan fingerprint density at radius 2 is 0.875 bits per heavy atom. The number of rotatable bonds is 11. The van der Waals surface area contributed by atoms with Crippen molar-refractivity contribution in [3.63, 3.8) is 0 Å².